The zero-order chi connectivity index (χ0) is 24.2. The van der Waals surface area contributed by atoms with Gasteiger partial charge in [-0.1, -0.05) is 19.3 Å². The summed E-state index contributed by atoms with van der Waals surface area (Å²) in [5.41, 5.74) is 3.87. The fraction of sp³-hybridized carbons (Fsp3) is 0.476. The molecule has 2 bridgehead atoms. The number of hydrogen-bond donors (Lipinski definition) is 4. The minimum atomic E-state index is -4.98. The molecule has 5 N–H and O–H groups in total. The molecule has 2 heterocycles. The summed E-state index contributed by atoms with van der Waals surface area (Å²) in [6, 6.07) is 3.84. The molecule has 0 spiro atoms. The van der Waals surface area contributed by atoms with Crippen molar-refractivity contribution in [3.63, 3.8) is 0 Å². The predicted octanol–water partition coefficient (Wildman–Crippen LogP) is 4.10. The summed E-state index contributed by atoms with van der Waals surface area (Å²) in [6.07, 6.45) is -3.18. The van der Waals surface area contributed by atoms with E-state index in [2.05, 4.69) is 30.1 Å². The minimum absolute atomic E-state index is 0.0718. The van der Waals surface area contributed by atoms with Crippen molar-refractivity contribution in [1.82, 2.24) is 9.97 Å². The zero-order valence-corrected chi connectivity index (χ0v) is 18.2. The fourth-order valence-corrected chi connectivity index (χ4v) is 3.80. The number of ether oxygens (including phenoxy) is 2. The van der Waals surface area contributed by atoms with Crippen LogP contribution in [0.5, 0.6) is 0 Å². The number of methoxy groups -OCH3 is 2. The summed E-state index contributed by atoms with van der Waals surface area (Å²) >= 11 is 0. The predicted molar refractivity (Wildman–Crippen MR) is 114 cm³/mol. The van der Waals surface area contributed by atoms with Crippen LogP contribution in [-0.4, -0.2) is 48.0 Å². The number of H-pyrrole nitrogens is 1. The molecule has 0 saturated heterocycles. The Morgan fingerprint density at radius 3 is 2.64 bits per heavy atom. The normalized spacial score (nSPS) is 21.3. The number of amides is 1. The number of fused-ring (bicyclic) bond motifs is 4. The van der Waals surface area contributed by atoms with Crippen molar-refractivity contribution in [1.29, 1.82) is 0 Å². The van der Waals surface area contributed by atoms with Crippen molar-refractivity contribution >= 4 is 23.4 Å². The quantitative estimate of drug-likeness (QED) is 0.487. The first-order valence-electron chi connectivity index (χ1n) is 10.3. The number of anilines is 2. The summed E-state index contributed by atoms with van der Waals surface area (Å²) < 4.78 is 52.4. The van der Waals surface area contributed by atoms with E-state index in [9.17, 15) is 22.8 Å². The number of aromatic nitrogens is 2. The number of nitrogens with one attached hydrogen (secondary N) is 3. The van der Waals surface area contributed by atoms with Gasteiger partial charge < -0.3 is 25.5 Å². The standard InChI is InChI=1S/C21H26F3N5O4/c1-32-18(30)20(21(22,23)24)9-5-3-4-6-14(25)17-26-11-16(28-17)13-8-7-12(10-15(13)29-20)27-19(31)33-2/h7-8,10-11,14,29H,3-6,9,25H2,1-2H3,(H,26,28)(H,27,31)/t14-,20?/m0/s1. The van der Waals surface area contributed by atoms with E-state index in [1.807, 2.05) is 0 Å². The maximum absolute atomic E-state index is 14.4. The summed E-state index contributed by atoms with van der Waals surface area (Å²) in [5, 5.41) is 4.81. The van der Waals surface area contributed by atoms with Crippen LogP contribution in [0.3, 0.4) is 0 Å². The highest BCUT2D eigenvalue weighted by molar-refractivity contribution is 5.91. The minimum Gasteiger partial charge on any atom is -0.467 e. The first-order chi connectivity index (χ1) is 15.6. The van der Waals surface area contributed by atoms with Crippen LogP contribution in [0.1, 0.15) is 44.0 Å². The largest absolute Gasteiger partial charge is 0.467 e. The average Bonchev–Trinajstić information content (AvgIpc) is 3.26. The number of carbonyl (C=O) groups is 2. The number of halogens is 3. The highest BCUT2D eigenvalue weighted by Gasteiger charge is 2.61. The number of aromatic amines is 1. The van der Waals surface area contributed by atoms with Crippen molar-refractivity contribution in [2.75, 3.05) is 24.9 Å². The monoisotopic (exact) mass is 469 g/mol. The van der Waals surface area contributed by atoms with Gasteiger partial charge in [-0.15, -0.1) is 0 Å². The fourth-order valence-electron chi connectivity index (χ4n) is 3.80. The van der Waals surface area contributed by atoms with Gasteiger partial charge in [-0.05, 0) is 31.0 Å². The molecule has 0 fully saturated rings. The number of hydrogen-bond acceptors (Lipinski definition) is 7. The first kappa shape index (κ1) is 24.4. The van der Waals surface area contributed by atoms with E-state index in [4.69, 9.17) is 5.73 Å². The molecule has 1 aliphatic heterocycles. The number of esters is 1. The molecule has 2 atom stereocenters. The maximum Gasteiger partial charge on any atom is 0.422 e. The third-order valence-electron chi connectivity index (χ3n) is 5.61. The van der Waals surface area contributed by atoms with E-state index >= 15 is 0 Å². The maximum atomic E-state index is 14.4. The van der Waals surface area contributed by atoms with Crippen molar-refractivity contribution in [2.24, 2.45) is 5.73 Å². The van der Waals surface area contributed by atoms with Crippen LogP contribution in [-0.2, 0) is 14.3 Å². The van der Waals surface area contributed by atoms with Crippen LogP contribution in [0.4, 0.5) is 29.3 Å². The number of nitrogens with zero attached hydrogens (tertiary/aromatic N) is 1. The summed E-state index contributed by atoms with van der Waals surface area (Å²) in [4.78, 5) is 31.6. The first-order valence-corrected chi connectivity index (χ1v) is 10.3. The second-order valence-corrected chi connectivity index (χ2v) is 7.77. The second kappa shape index (κ2) is 9.69. The number of rotatable bonds is 2. The van der Waals surface area contributed by atoms with Crippen LogP contribution in [0.15, 0.2) is 24.4 Å². The molecule has 0 saturated carbocycles. The van der Waals surface area contributed by atoms with Gasteiger partial charge >= 0.3 is 18.2 Å². The summed E-state index contributed by atoms with van der Waals surface area (Å²) in [5.74, 6) is -0.955. The van der Waals surface area contributed by atoms with E-state index in [0.29, 0.717) is 30.8 Å². The third kappa shape index (κ3) is 5.05. The number of benzene rings is 1. The molecule has 0 radical (unpaired) electrons. The molecule has 1 unspecified atom stereocenters. The molecule has 2 aromatic rings. The highest BCUT2D eigenvalue weighted by Crippen LogP contribution is 2.42. The van der Waals surface area contributed by atoms with E-state index in [0.717, 1.165) is 14.2 Å². The molecule has 3 rings (SSSR count). The molecule has 33 heavy (non-hydrogen) atoms. The summed E-state index contributed by atoms with van der Waals surface area (Å²) in [7, 11) is 2.07. The highest BCUT2D eigenvalue weighted by atomic mass is 19.4. The van der Waals surface area contributed by atoms with Crippen molar-refractivity contribution in [3.8, 4) is 11.3 Å². The van der Waals surface area contributed by atoms with Gasteiger partial charge in [0.25, 0.3) is 0 Å². The van der Waals surface area contributed by atoms with Gasteiger partial charge in [0.2, 0.25) is 5.54 Å². The van der Waals surface area contributed by atoms with Gasteiger partial charge in [0.05, 0.1) is 26.0 Å². The Balaban J connectivity index is 2.19. The lowest BCUT2D eigenvalue weighted by Gasteiger charge is -2.35. The van der Waals surface area contributed by atoms with Crippen LogP contribution in [0.25, 0.3) is 11.3 Å². The number of alkyl halides is 3. The SMILES string of the molecule is COC(=O)Nc1ccc2c(c1)NC(C(=O)OC)(C(F)(F)F)CCCCC[C@H](N)c1nc-2c[nH]1. The van der Waals surface area contributed by atoms with Crippen LogP contribution in [0.2, 0.25) is 0 Å². The molecule has 1 aromatic carbocycles. The Kier molecular flexibility index (Phi) is 7.15. The molecule has 1 aromatic heterocycles. The topological polar surface area (TPSA) is 131 Å². The Morgan fingerprint density at radius 1 is 1.21 bits per heavy atom. The van der Waals surface area contributed by atoms with E-state index in [1.165, 1.54) is 24.4 Å². The van der Waals surface area contributed by atoms with Gasteiger partial charge in [-0.2, -0.15) is 13.2 Å². The Hall–Kier alpha value is -3.28. The van der Waals surface area contributed by atoms with E-state index in [-0.39, 0.29) is 23.4 Å². The van der Waals surface area contributed by atoms with Crippen molar-refractivity contribution < 1.29 is 32.2 Å². The van der Waals surface area contributed by atoms with Crippen LogP contribution < -0.4 is 16.4 Å². The molecular formula is C21H26F3N5O4. The van der Waals surface area contributed by atoms with Crippen molar-refractivity contribution in [3.05, 3.63) is 30.2 Å². The number of nitrogens with two attached hydrogens (primary N) is 1. The van der Waals surface area contributed by atoms with Gasteiger partial charge in [-0.3, -0.25) is 5.32 Å². The molecule has 1 aliphatic rings. The smallest absolute Gasteiger partial charge is 0.422 e. The zero-order valence-electron chi connectivity index (χ0n) is 18.2. The Bertz CT molecular complexity index is 1010. The van der Waals surface area contributed by atoms with Gasteiger partial charge in [0.1, 0.15) is 5.82 Å². The summed E-state index contributed by atoms with van der Waals surface area (Å²) in [6.45, 7) is 0. The molecule has 180 valence electrons. The molecule has 9 nitrogen and oxygen atoms in total. The Morgan fingerprint density at radius 2 is 1.97 bits per heavy atom. The molecular weight excluding hydrogens is 443 g/mol. The van der Waals surface area contributed by atoms with Crippen LogP contribution in [0, 0.1) is 0 Å². The number of carbonyl (C=O) groups excluding carboxylic acids is 2. The van der Waals surface area contributed by atoms with Gasteiger partial charge in [-0.25, -0.2) is 14.6 Å². The molecule has 12 heteroatoms. The molecule has 1 amide bonds. The lowest BCUT2D eigenvalue weighted by molar-refractivity contribution is -0.200. The lowest BCUT2D eigenvalue weighted by Crippen LogP contribution is -2.58. The van der Waals surface area contributed by atoms with E-state index in [1.54, 1.807) is 0 Å². The Labute approximate surface area is 188 Å². The third-order valence-corrected chi connectivity index (χ3v) is 5.61. The van der Waals surface area contributed by atoms with E-state index < -0.39 is 36.2 Å². The van der Waals surface area contributed by atoms with Gasteiger partial charge in [0, 0.05) is 23.1 Å². The van der Waals surface area contributed by atoms with Crippen LogP contribution >= 0.6 is 0 Å². The number of imidazole rings is 1. The van der Waals surface area contributed by atoms with Gasteiger partial charge in [0.15, 0.2) is 0 Å². The second-order valence-electron chi connectivity index (χ2n) is 7.77. The molecule has 0 aliphatic carbocycles. The average molecular weight is 469 g/mol. The lowest BCUT2D eigenvalue weighted by atomic mass is 9.89. The van der Waals surface area contributed by atoms with Crippen molar-refractivity contribution in [2.45, 2.75) is 49.9 Å².